The van der Waals surface area contributed by atoms with Gasteiger partial charge in [-0.2, -0.15) is 5.10 Å². The van der Waals surface area contributed by atoms with Crippen molar-refractivity contribution in [1.29, 1.82) is 0 Å². The summed E-state index contributed by atoms with van der Waals surface area (Å²) in [7, 11) is 1.62. The van der Waals surface area contributed by atoms with E-state index in [1.165, 1.54) is 0 Å². The number of hydrogen-bond acceptors (Lipinski definition) is 3. The molecule has 0 saturated heterocycles. The summed E-state index contributed by atoms with van der Waals surface area (Å²) in [4.78, 5) is 12.1. The van der Waals surface area contributed by atoms with E-state index >= 15 is 0 Å². The highest BCUT2D eigenvalue weighted by molar-refractivity contribution is 5.85. The van der Waals surface area contributed by atoms with Crippen LogP contribution in [0, 0.1) is 6.92 Å². The van der Waals surface area contributed by atoms with Gasteiger partial charge in [-0.1, -0.05) is 18.2 Å². The minimum Gasteiger partial charge on any atom is -0.497 e. The molecule has 24 heavy (non-hydrogen) atoms. The zero-order valence-corrected chi connectivity index (χ0v) is 13.7. The molecule has 0 saturated carbocycles. The van der Waals surface area contributed by atoms with Gasteiger partial charge < -0.3 is 9.30 Å². The Kier molecular flexibility index (Phi) is 4.61. The Morgan fingerprint density at radius 1 is 1.21 bits per heavy atom. The number of carbonyl (C=O) groups is 1. The molecule has 3 aromatic rings. The summed E-state index contributed by atoms with van der Waals surface area (Å²) in [6.07, 6.45) is 1.61. The first-order valence-corrected chi connectivity index (χ1v) is 7.68. The molecule has 2 aromatic carbocycles. The summed E-state index contributed by atoms with van der Waals surface area (Å²) in [6.45, 7) is 2.23. The molecular weight excluding hydrogens is 302 g/mol. The topological polar surface area (TPSA) is 55.6 Å². The number of fused-ring (bicyclic) bond motifs is 1. The fraction of sp³-hybridized carbons (Fsp3) is 0.158. The van der Waals surface area contributed by atoms with Crippen LogP contribution in [0.5, 0.6) is 5.75 Å². The Morgan fingerprint density at radius 2 is 1.96 bits per heavy atom. The lowest BCUT2D eigenvalue weighted by molar-refractivity contribution is -0.121. The number of hydrogen-bond donors (Lipinski definition) is 1. The molecule has 1 amide bonds. The van der Waals surface area contributed by atoms with Crippen molar-refractivity contribution in [3.05, 3.63) is 65.9 Å². The van der Waals surface area contributed by atoms with Crippen LogP contribution in [0.2, 0.25) is 0 Å². The van der Waals surface area contributed by atoms with Gasteiger partial charge in [-0.25, -0.2) is 5.43 Å². The Morgan fingerprint density at radius 3 is 2.71 bits per heavy atom. The van der Waals surface area contributed by atoms with Gasteiger partial charge in [-0.15, -0.1) is 0 Å². The number of nitrogens with one attached hydrogen (secondary N) is 1. The molecule has 0 spiro atoms. The second-order valence-electron chi connectivity index (χ2n) is 5.50. The second-order valence-corrected chi connectivity index (χ2v) is 5.50. The standard InChI is InChI=1S/C19H19N3O2/c1-14-11-16-5-3-4-6-18(16)22(14)13-19(23)21-20-12-15-7-9-17(24-2)10-8-15/h3-12H,13H2,1-2H3,(H,21,23)/b20-12+. The third-order valence-corrected chi connectivity index (χ3v) is 3.84. The fourth-order valence-corrected chi connectivity index (χ4v) is 2.61. The highest BCUT2D eigenvalue weighted by Gasteiger charge is 2.08. The van der Waals surface area contributed by atoms with Crippen LogP contribution in [0.1, 0.15) is 11.3 Å². The number of benzene rings is 2. The maximum absolute atomic E-state index is 12.1. The molecule has 122 valence electrons. The minimum absolute atomic E-state index is 0.163. The lowest BCUT2D eigenvalue weighted by Gasteiger charge is -2.06. The van der Waals surface area contributed by atoms with Gasteiger partial charge in [-0.3, -0.25) is 4.79 Å². The number of para-hydroxylation sites is 1. The van der Waals surface area contributed by atoms with Gasteiger partial charge in [0.1, 0.15) is 12.3 Å². The number of ether oxygens (including phenoxy) is 1. The van der Waals surface area contributed by atoms with E-state index in [1.54, 1.807) is 13.3 Å². The van der Waals surface area contributed by atoms with Gasteiger partial charge in [0.05, 0.1) is 13.3 Å². The highest BCUT2D eigenvalue weighted by atomic mass is 16.5. The van der Waals surface area contributed by atoms with E-state index in [1.807, 2.05) is 60.0 Å². The smallest absolute Gasteiger partial charge is 0.259 e. The molecular formula is C19H19N3O2. The lowest BCUT2D eigenvalue weighted by Crippen LogP contribution is -2.23. The predicted molar refractivity (Wildman–Crippen MR) is 95.4 cm³/mol. The Hall–Kier alpha value is -3.08. The van der Waals surface area contributed by atoms with Crippen molar-refractivity contribution in [2.24, 2.45) is 5.10 Å². The fourth-order valence-electron chi connectivity index (χ4n) is 2.61. The van der Waals surface area contributed by atoms with E-state index in [9.17, 15) is 4.79 Å². The van der Waals surface area contributed by atoms with Crippen LogP contribution in [0.3, 0.4) is 0 Å². The van der Waals surface area contributed by atoms with Crippen molar-refractivity contribution in [2.45, 2.75) is 13.5 Å². The molecule has 1 N–H and O–H groups in total. The summed E-state index contributed by atoms with van der Waals surface area (Å²) in [6, 6.07) is 17.5. The molecule has 0 atom stereocenters. The SMILES string of the molecule is COc1ccc(/C=N/NC(=O)Cn2c(C)cc3ccccc32)cc1. The predicted octanol–water partition coefficient (Wildman–Crippen LogP) is 3.11. The van der Waals surface area contributed by atoms with Crippen LogP contribution in [0.4, 0.5) is 0 Å². The third-order valence-electron chi connectivity index (χ3n) is 3.84. The number of methoxy groups -OCH3 is 1. The van der Waals surface area contributed by atoms with Crippen molar-refractivity contribution in [3.8, 4) is 5.75 Å². The Balaban J connectivity index is 1.64. The molecule has 1 heterocycles. The lowest BCUT2D eigenvalue weighted by atomic mass is 10.2. The van der Waals surface area contributed by atoms with Gasteiger partial charge in [0.2, 0.25) is 0 Å². The molecule has 5 heteroatoms. The minimum atomic E-state index is -0.163. The first-order chi connectivity index (χ1) is 11.7. The third kappa shape index (κ3) is 3.46. The monoisotopic (exact) mass is 321 g/mol. The number of hydrazone groups is 1. The molecule has 1 aromatic heterocycles. The van der Waals surface area contributed by atoms with Gasteiger partial charge in [0.25, 0.3) is 5.91 Å². The Labute approximate surface area is 140 Å². The number of rotatable bonds is 5. The van der Waals surface area contributed by atoms with Crippen LogP contribution < -0.4 is 10.2 Å². The second kappa shape index (κ2) is 7.00. The summed E-state index contributed by atoms with van der Waals surface area (Å²) in [5.41, 5.74) is 5.55. The van der Waals surface area contributed by atoms with Crippen LogP contribution >= 0.6 is 0 Å². The van der Waals surface area contributed by atoms with Crippen molar-refractivity contribution in [1.82, 2.24) is 9.99 Å². The highest BCUT2D eigenvalue weighted by Crippen LogP contribution is 2.18. The normalized spacial score (nSPS) is 11.1. The quantitative estimate of drug-likeness (QED) is 0.580. The van der Waals surface area contributed by atoms with Gasteiger partial charge >= 0.3 is 0 Å². The molecule has 3 rings (SSSR count). The average Bonchev–Trinajstić information content (AvgIpc) is 2.91. The van der Waals surface area contributed by atoms with Crippen molar-refractivity contribution < 1.29 is 9.53 Å². The summed E-state index contributed by atoms with van der Waals surface area (Å²) >= 11 is 0. The molecule has 0 fully saturated rings. The first kappa shape index (κ1) is 15.8. The summed E-state index contributed by atoms with van der Waals surface area (Å²) in [5, 5.41) is 5.14. The largest absolute Gasteiger partial charge is 0.497 e. The molecule has 0 aliphatic rings. The number of aromatic nitrogens is 1. The molecule has 0 bridgehead atoms. The molecule has 0 aliphatic carbocycles. The first-order valence-electron chi connectivity index (χ1n) is 7.68. The zero-order valence-electron chi connectivity index (χ0n) is 13.7. The summed E-state index contributed by atoms with van der Waals surface area (Å²) in [5.74, 6) is 0.621. The number of nitrogens with zero attached hydrogens (tertiary/aromatic N) is 2. The maximum atomic E-state index is 12.1. The number of amides is 1. The maximum Gasteiger partial charge on any atom is 0.259 e. The van der Waals surface area contributed by atoms with E-state index in [4.69, 9.17) is 4.74 Å². The molecule has 0 radical (unpaired) electrons. The van der Waals surface area contributed by atoms with Gasteiger partial charge in [0, 0.05) is 11.2 Å². The Bertz CT molecular complexity index is 879. The molecule has 0 unspecified atom stereocenters. The molecule has 0 aliphatic heterocycles. The van der Waals surface area contributed by atoms with Crippen molar-refractivity contribution >= 4 is 23.0 Å². The molecule has 5 nitrogen and oxygen atoms in total. The van der Waals surface area contributed by atoms with Crippen LogP contribution in [-0.2, 0) is 11.3 Å². The van der Waals surface area contributed by atoms with Crippen LogP contribution in [-0.4, -0.2) is 23.8 Å². The van der Waals surface area contributed by atoms with Crippen LogP contribution in [0.25, 0.3) is 10.9 Å². The van der Waals surface area contributed by atoms with Crippen molar-refractivity contribution in [3.63, 3.8) is 0 Å². The zero-order chi connectivity index (χ0) is 16.9. The van der Waals surface area contributed by atoms with Gasteiger partial charge in [-0.05, 0) is 54.3 Å². The van der Waals surface area contributed by atoms with E-state index in [2.05, 4.69) is 16.6 Å². The van der Waals surface area contributed by atoms with Crippen LogP contribution in [0.15, 0.2) is 59.7 Å². The average molecular weight is 321 g/mol. The van der Waals surface area contributed by atoms with E-state index in [0.29, 0.717) is 0 Å². The number of aryl methyl sites for hydroxylation is 1. The van der Waals surface area contributed by atoms with Gasteiger partial charge in [0.15, 0.2) is 0 Å². The van der Waals surface area contributed by atoms with Crippen molar-refractivity contribution in [2.75, 3.05) is 7.11 Å². The summed E-state index contributed by atoms with van der Waals surface area (Å²) < 4.78 is 7.08. The number of carbonyl (C=O) groups excluding carboxylic acids is 1. The van der Waals surface area contributed by atoms with E-state index in [-0.39, 0.29) is 12.5 Å². The van der Waals surface area contributed by atoms with E-state index in [0.717, 1.165) is 27.9 Å². The van der Waals surface area contributed by atoms with E-state index < -0.39 is 0 Å².